The predicted octanol–water partition coefficient (Wildman–Crippen LogP) is 3.84. The first-order chi connectivity index (χ1) is 14.3. The van der Waals surface area contributed by atoms with Crippen LogP contribution in [-0.2, 0) is 13.6 Å². The molecule has 1 unspecified atom stereocenters. The van der Waals surface area contributed by atoms with Crippen LogP contribution in [0.2, 0.25) is 0 Å². The molecule has 1 aromatic heterocycles. The highest BCUT2D eigenvalue weighted by molar-refractivity contribution is 5.71. The van der Waals surface area contributed by atoms with E-state index >= 15 is 0 Å². The third kappa shape index (κ3) is 3.12. The Morgan fingerprint density at radius 1 is 1.03 bits per heavy atom. The Kier molecular flexibility index (Phi) is 5.02. The lowest BCUT2D eigenvalue weighted by Crippen LogP contribution is -2.41. The maximum Gasteiger partial charge on any atom is 0.329 e. The maximum atomic E-state index is 13.2. The highest BCUT2D eigenvalue weighted by Crippen LogP contribution is 2.41. The average Bonchev–Trinajstić information content (AvgIpc) is 2.74. The minimum Gasteiger partial charge on any atom is -0.493 e. The standard InChI is InChI=1S/C24H27N3O3/c1-14-8-7-9-15(2)23(14)25-22-12-19-18-11-21(30-6)20(29-5)10-17(18)16(3)13-27(19)24(28)26(22)4/h7-12,16H,13H2,1-6H3/b25-22-. The van der Waals surface area contributed by atoms with Crippen LogP contribution in [0.15, 0.2) is 46.2 Å². The summed E-state index contributed by atoms with van der Waals surface area (Å²) in [5.41, 5.74) is 6.55. The van der Waals surface area contributed by atoms with E-state index in [1.807, 2.05) is 54.8 Å². The number of benzene rings is 2. The van der Waals surface area contributed by atoms with E-state index < -0.39 is 0 Å². The van der Waals surface area contributed by atoms with Gasteiger partial charge in [-0.05, 0) is 42.7 Å². The smallest absolute Gasteiger partial charge is 0.329 e. The van der Waals surface area contributed by atoms with E-state index in [0.29, 0.717) is 23.5 Å². The van der Waals surface area contributed by atoms with Gasteiger partial charge in [0.15, 0.2) is 11.5 Å². The quantitative estimate of drug-likeness (QED) is 0.665. The molecule has 4 rings (SSSR count). The SMILES string of the molecule is COc1cc2c(cc1OC)C(C)Cn1c-2c/c(=N/c2c(C)cccc2C)n(C)c1=O. The molecule has 6 nitrogen and oxygen atoms in total. The molecule has 0 radical (unpaired) electrons. The molecule has 0 fully saturated rings. The summed E-state index contributed by atoms with van der Waals surface area (Å²) in [5, 5.41) is 0. The first kappa shape index (κ1) is 20.0. The predicted molar refractivity (Wildman–Crippen MR) is 118 cm³/mol. The molecule has 3 aromatic rings. The number of aromatic nitrogens is 2. The van der Waals surface area contributed by atoms with Crippen LogP contribution >= 0.6 is 0 Å². The number of nitrogens with zero attached hydrogens (tertiary/aromatic N) is 3. The van der Waals surface area contributed by atoms with E-state index in [0.717, 1.165) is 33.6 Å². The molecule has 1 aliphatic rings. The van der Waals surface area contributed by atoms with E-state index in [9.17, 15) is 4.79 Å². The highest BCUT2D eigenvalue weighted by atomic mass is 16.5. The van der Waals surface area contributed by atoms with Gasteiger partial charge >= 0.3 is 5.69 Å². The van der Waals surface area contributed by atoms with Crippen molar-refractivity contribution < 1.29 is 9.47 Å². The van der Waals surface area contributed by atoms with Crippen LogP contribution in [0.3, 0.4) is 0 Å². The van der Waals surface area contributed by atoms with Crippen LogP contribution in [-0.4, -0.2) is 23.4 Å². The van der Waals surface area contributed by atoms with Gasteiger partial charge in [0.05, 0.1) is 25.6 Å². The van der Waals surface area contributed by atoms with Gasteiger partial charge in [-0.25, -0.2) is 9.79 Å². The molecule has 0 N–H and O–H groups in total. The molecule has 0 saturated heterocycles. The number of ether oxygens (including phenoxy) is 2. The zero-order valence-corrected chi connectivity index (χ0v) is 18.3. The van der Waals surface area contributed by atoms with Gasteiger partial charge in [0, 0.05) is 31.1 Å². The summed E-state index contributed by atoms with van der Waals surface area (Å²) in [6, 6.07) is 12.0. The highest BCUT2D eigenvalue weighted by Gasteiger charge is 2.26. The normalized spacial score (nSPS) is 15.5. The second-order valence-corrected chi connectivity index (χ2v) is 7.89. The molecule has 6 heteroatoms. The molecule has 1 atom stereocenters. The second-order valence-electron chi connectivity index (χ2n) is 7.89. The zero-order valence-electron chi connectivity index (χ0n) is 18.3. The number of hydrogen-bond acceptors (Lipinski definition) is 4. The lowest BCUT2D eigenvalue weighted by molar-refractivity contribution is 0.354. The lowest BCUT2D eigenvalue weighted by Gasteiger charge is -2.28. The summed E-state index contributed by atoms with van der Waals surface area (Å²) in [6.07, 6.45) is 0. The number of fused-ring (bicyclic) bond motifs is 3. The van der Waals surface area contributed by atoms with E-state index in [-0.39, 0.29) is 11.6 Å². The average molecular weight is 405 g/mol. The number of rotatable bonds is 3. The molecule has 1 aliphatic heterocycles. The van der Waals surface area contributed by atoms with Gasteiger partial charge in [-0.2, -0.15) is 0 Å². The van der Waals surface area contributed by atoms with Gasteiger partial charge in [-0.15, -0.1) is 0 Å². The van der Waals surface area contributed by atoms with Crippen molar-refractivity contribution in [3.63, 3.8) is 0 Å². The van der Waals surface area contributed by atoms with Gasteiger partial charge < -0.3 is 9.47 Å². The van der Waals surface area contributed by atoms with Crippen LogP contribution in [0, 0.1) is 13.8 Å². The summed E-state index contributed by atoms with van der Waals surface area (Å²) >= 11 is 0. The largest absolute Gasteiger partial charge is 0.493 e. The van der Waals surface area contributed by atoms with E-state index in [4.69, 9.17) is 14.5 Å². The van der Waals surface area contributed by atoms with Crippen molar-refractivity contribution in [1.82, 2.24) is 9.13 Å². The Balaban J connectivity index is 2.03. The topological polar surface area (TPSA) is 57.8 Å². The number of methoxy groups -OCH3 is 2. The van der Waals surface area contributed by atoms with Crippen molar-refractivity contribution in [1.29, 1.82) is 0 Å². The monoisotopic (exact) mass is 405 g/mol. The fourth-order valence-electron chi connectivity index (χ4n) is 4.18. The number of hydrogen-bond donors (Lipinski definition) is 0. The van der Waals surface area contributed by atoms with Crippen LogP contribution in [0.1, 0.15) is 29.5 Å². The number of para-hydroxylation sites is 1. The summed E-state index contributed by atoms with van der Waals surface area (Å²) in [4.78, 5) is 18.1. The summed E-state index contributed by atoms with van der Waals surface area (Å²) in [7, 11) is 5.03. The molecule has 2 heterocycles. The van der Waals surface area contributed by atoms with Crippen LogP contribution in [0.5, 0.6) is 11.5 Å². The third-order valence-electron chi connectivity index (χ3n) is 5.90. The van der Waals surface area contributed by atoms with Crippen molar-refractivity contribution in [2.45, 2.75) is 33.2 Å². The van der Waals surface area contributed by atoms with Crippen molar-refractivity contribution in [2.75, 3.05) is 14.2 Å². The number of aryl methyl sites for hydroxylation is 2. The van der Waals surface area contributed by atoms with Crippen molar-refractivity contribution >= 4 is 5.69 Å². The first-order valence-corrected chi connectivity index (χ1v) is 10.0. The molecular formula is C24H27N3O3. The fourth-order valence-corrected chi connectivity index (χ4v) is 4.18. The van der Waals surface area contributed by atoms with E-state index in [1.54, 1.807) is 25.8 Å². The molecule has 0 saturated carbocycles. The summed E-state index contributed by atoms with van der Waals surface area (Å²) in [5.74, 6) is 1.51. The van der Waals surface area contributed by atoms with Gasteiger partial charge in [0.2, 0.25) is 0 Å². The first-order valence-electron chi connectivity index (χ1n) is 10.0. The van der Waals surface area contributed by atoms with Crippen molar-refractivity contribution in [2.24, 2.45) is 12.0 Å². The van der Waals surface area contributed by atoms with Crippen molar-refractivity contribution in [3.05, 3.63) is 69.1 Å². The van der Waals surface area contributed by atoms with Gasteiger partial charge in [-0.1, -0.05) is 25.1 Å². The maximum absolute atomic E-state index is 13.2. The third-order valence-corrected chi connectivity index (χ3v) is 5.90. The Bertz CT molecular complexity index is 1250. The Morgan fingerprint density at radius 2 is 1.67 bits per heavy atom. The minimum atomic E-state index is -0.0789. The van der Waals surface area contributed by atoms with E-state index in [1.165, 1.54) is 0 Å². The molecule has 0 spiro atoms. The van der Waals surface area contributed by atoms with Crippen LogP contribution in [0.4, 0.5) is 5.69 Å². The fraction of sp³-hybridized carbons (Fsp3) is 0.333. The van der Waals surface area contributed by atoms with Crippen molar-refractivity contribution in [3.8, 4) is 22.8 Å². The van der Waals surface area contributed by atoms with Gasteiger partial charge in [0.25, 0.3) is 0 Å². The van der Waals surface area contributed by atoms with Crippen LogP contribution < -0.4 is 20.7 Å². The Hall–Kier alpha value is -3.28. The summed E-state index contributed by atoms with van der Waals surface area (Å²) in [6.45, 7) is 6.79. The Morgan fingerprint density at radius 3 is 2.30 bits per heavy atom. The molecule has 0 bridgehead atoms. The molecular weight excluding hydrogens is 378 g/mol. The van der Waals surface area contributed by atoms with E-state index in [2.05, 4.69) is 6.92 Å². The molecule has 2 aromatic carbocycles. The lowest BCUT2D eigenvalue weighted by atomic mass is 9.89. The molecule has 0 amide bonds. The molecule has 156 valence electrons. The Labute approximate surface area is 176 Å². The summed E-state index contributed by atoms with van der Waals surface area (Å²) < 4.78 is 14.5. The zero-order chi connectivity index (χ0) is 21.6. The minimum absolute atomic E-state index is 0.0789. The van der Waals surface area contributed by atoms with Gasteiger partial charge in [-0.3, -0.25) is 9.13 Å². The molecule has 30 heavy (non-hydrogen) atoms. The van der Waals surface area contributed by atoms with Crippen LogP contribution in [0.25, 0.3) is 11.3 Å². The second kappa shape index (κ2) is 7.52. The molecule has 0 aliphatic carbocycles. The van der Waals surface area contributed by atoms with Gasteiger partial charge in [0.1, 0.15) is 5.49 Å².